The van der Waals surface area contributed by atoms with Gasteiger partial charge in [-0.1, -0.05) is 158 Å². The minimum absolute atomic E-state index is 0.0328. The summed E-state index contributed by atoms with van der Waals surface area (Å²) in [4.78, 5) is 5.62. The number of benzene rings is 6. The summed E-state index contributed by atoms with van der Waals surface area (Å²) >= 11 is 0. The van der Waals surface area contributed by atoms with E-state index in [2.05, 4.69) is 185 Å². The van der Waals surface area contributed by atoms with Crippen LogP contribution in [0.5, 0.6) is 0 Å². The number of nitrogens with zero attached hydrogens (tertiary/aromatic N) is 2. The van der Waals surface area contributed by atoms with E-state index in [0.717, 1.165) is 36.3 Å². The van der Waals surface area contributed by atoms with E-state index in [1.807, 2.05) is 0 Å². The third kappa shape index (κ3) is 4.72. The molecule has 6 aromatic carbocycles. The fourth-order valence-electron chi connectivity index (χ4n) is 10.3. The van der Waals surface area contributed by atoms with E-state index < -0.39 is 0 Å². The van der Waals surface area contributed by atoms with Crippen LogP contribution in [0.2, 0.25) is 0 Å². The second kappa shape index (κ2) is 12.5. The standard InChI is InChI=1S/C52H40N4/c1-2-17-34(18-3-1)50-53-51(41-27-14-20-32-15-4-7-21-36(32)41)55-52(54-50)56-44-28-13-12-26-42(44)48-45(56)31-35-19-6-9-23-38(35)49(48)47-40-25-11-10-24-39(40)46-37-22-8-5-16-33(37)29-30-43(46)47/h1-4,6-15,17,19-31,34,46,50-51,53H,5,16,18H2,(H,54,55). The number of aliphatic imine (C=N–C) groups is 1. The fourth-order valence-corrected chi connectivity index (χ4v) is 10.3. The first-order chi connectivity index (χ1) is 27.8. The Morgan fingerprint density at radius 3 is 2.34 bits per heavy atom. The minimum Gasteiger partial charge on any atom is -0.340 e. The van der Waals surface area contributed by atoms with Crippen molar-refractivity contribution >= 4 is 54.9 Å². The zero-order valence-electron chi connectivity index (χ0n) is 31.0. The van der Waals surface area contributed by atoms with Crippen LogP contribution in [0.25, 0.3) is 48.9 Å². The Morgan fingerprint density at radius 1 is 0.643 bits per heavy atom. The van der Waals surface area contributed by atoms with E-state index in [4.69, 9.17) is 4.99 Å². The fraction of sp³-hybridized carbons (Fsp3) is 0.135. The number of nitrogens with one attached hydrogen (secondary N) is 2. The Hall–Kier alpha value is -6.49. The van der Waals surface area contributed by atoms with Gasteiger partial charge in [-0.25, -0.2) is 4.99 Å². The number of hydrogen-bond acceptors (Lipinski definition) is 3. The first-order valence-electron chi connectivity index (χ1n) is 20.1. The number of allylic oxidation sites excluding steroid dienone is 10. The lowest BCUT2D eigenvalue weighted by molar-refractivity contribution is 0.325. The highest BCUT2D eigenvalue weighted by atomic mass is 15.4. The van der Waals surface area contributed by atoms with E-state index in [1.54, 1.807) is 0 Å². The largest absolute Gasteiger partial charge is 0.340 e. The van der Waals surface area contributed by atoms with Crippen molar-refractivity contribution in [2.75, 3.05) is 0 Å². The number of fused-ring (bicyclic) bond motifs is 9. The van der Waals surface area contributed by atoms with Crippen molar-refractivity contribution < 1.29 is 0 Å². The van der Waals surface area contributed by atoms with Crippen LogP contribution in [0.1, 0.15) is 53.6 Å². The molecule has 12 rings (SSSR count). The molecule has 0 saturated carbocycles. The molecule has 4 atom stereocenters. The molecule has 0 spiro atoms. The van der Waals surface area contributed by atoms with Gasteiger partial charge < -0.3 is 5.32 Å². The molecule has 268 valence electrons. The van der Waals surface area contributed by atoms with E-state index >= 15 is 0 Å². The zero-order chi connectivity index (χ0) is 36.7. The molecule has 7 aromatic rings. The average molecular weight is 721 g/mol. The summed E-state index contributed by atoms with van der Waals surface area (Å²) in [5, 5.41) is 15.4. The summed E-state index contributed by atoms with van der Waals surface area (Å²) in [6, 6.07) is 44.7. The second-order valence-corrected chi connectivity index (χ2v) is 15.7. The second-order valence-electron chi connectivity index (χ2n) is 15.7. The van der Waals surface area contributed by atoms with Crippen LogP contribution in [0.3, 0.4) is 0 Å². The Morgan fingerprint density at radius 2 is 1.43 bits per heavy atom. The molecule has 1 aromatic heterocycles. The number of hydrogen-bond donors (Lipinski definition) is 2. The summed E-state index contributed by atoms with van der Waals surface area (Å²) in [5.41, 5.74) is 13.2. The molecule has 1 aliphatic heterocycles. The van der Waals surface area contributed by atoms with Crippen LogP contribution < -0.4 is 10.6 Å². The van der Waals surface area contributed by atoms with Crippen LogP contribution in [0, 0.1) is 5.92 Å². The van der Waals surface area contributed by atoms with Crippen molar-refractivity contribution in [3.63, 3.8) is 0 Å². The number of rotatable bonds is 3. The lowest BCUT2D eigenvalue weighted by Crippen LogP contribution is -2.56. The van der Waals surface area contributed by atoms with Gasteiger partial charge in [-0.2, -0.15) is 0 Å². The van der Waals surface area contributed by atoms with Crippen LogP contribution in [0.15, 0.2) is 192 Å². The van der Waals surface area contributed by atoms with Gasteiger partial charge in [0.25, 0.3) is 0 Å². The third-order valence-corrected chi connectivity index (χ3v) is 12.7. The van der Waals surface area contributed by atoms with Crippen molar-refractivity contribution in [3.8, 4) is 0 Å². The highest BCUT2D eigenvalue weighted by Crippen LogP contribution is 2.55. The molecule has 4 nitrogen and oxygen atoms in total. The minimum atomic E-state index is -0.247. The quantitative estimate of drug-likeness (QED) is 0.191. The molecule has 56 heavy (non-hydrogen) atoms. The lowest BCUT2D eigenvalue weighted by Gasteiger charge is -2.36. The van der Waals surface area contributed by atoms with Crippen LogP contribution in [-0.2, 0) is 0 Å². The molecule has 0 amide bonds. The highest BCUT2D eigenvalue weighted by molar-refractivity contribution is 6.24. The van der Waals surface area contributed by atoms with Gasteiger partial charge in [0, 0.05) is 28.2 Å². The normalized spacial score (nSPS) is 22.5. The highest BCUT2D eigenvalue weighted by Gasteiger charge is 2.38. The van der Waals surface area contributed by atoms with E-state index in [9.17, 15) is 0 Å². The summed E-state index contributed by atoms with van der Waals surface area (Å²) in [7, 11) is 0. The molecule has 0 fully saturated rings. The van der Waals surface area contributed by atoms with Gasteiger partial charge in [-0.3, -0.25) is 9.88 Å². The van der Waals surface area contributed by atoms with E-state index in [0.29, 0.717) is 0 Å². The SMILES string of the molecule is C1=CCC(C2NC(n3c4ccccc4c4c(C5=C6C=CC7=C(C=CCC7)C6c6ccccc65)c5ccccc5cc43)=NC(c3cccc4ccccc34)N2)C=C1. The van der Waals surface area contributed by atoms with Gasteiger partial charge in [0.2, 0.25) is 5.96 Å². The number of aromatic nitrogens is 1. The molecule has 0 bridgehead atoms. The first kappa shape index (κ1) is 31.8. The first-order valence-corrected chi connectivity index (χ1v) is 20.1. The molecular formula is C52H40N4. The van der Waals surface area contributed by atoms with Crippen molar-refractivity contribution in [2.24, 2.45) is 10.9 Å². The van der Waals surface area contributed by atoms with Gasteiger partial charge in [-0.05, 0) is 91.9 Å². The Kier molecular flexibility index (Phi) is 7.12. The summed E-state index contributed by atoms with van der Waals surface area (Å²) in [6.45, 7) is 0. The molecule has 0 radical (unpaired) electrons. The summed E-state index contributed by atoms with van der Waals surface area (Å²) in [6.07, 6.45) is 21.4. The third-order valence-electron chi connectivity index (χ3n) is 12.7. The predicted molar refractivity (Wildman–Crippen MR) is 233 cm³/mol. The van der Waals surface area contributed by atoms with Gasteiger partial charge in [0.15, 0.2) is 0 Å². The molecular weight excluding hydrogens is 681 g/mol. The lowest BCUT2D eigenvalue weighted by atomic mass is 9.78. The Balaban J connectivity index is 1.15. The van der Waals surface area contributed by atoms with Gasteiger partial charge >= 0.3 is 0 Å². The molecule has 0 saturated heterocycles. The van der Waals surface area contributed by atoms with Crippen molar-refractivity contribution in [3.05, 3.63) is 209 Å². The summed E-state index contributed by atoms with van der Waals surface area (Å²) < 4.78 is 2.42. The van der Waals surface area contributed by atoms with Crippen molar-refractivity contribution in [2.45, 2.75) is 37.5 Å². The maximum Gasteiger partial charge on any atom is 0.206 e. The van der Waals surface area contributed by atoms with Gasteiger partial charge in [0.05, 0.1) is 17.2 Å². The van der Waals surface area contributed by atoms with Gasteiger partial charge in [0.1, 0.15) is 6.17 Å². The van der Waals surface area contributed by atoms with Crippen molar-refractivity contribution in [1.82, 2.24) is 15.2 Å². The van der Waals surface area contributed by atoms with Gasteiger partial charge in [-0.15, -0.1) is 0 Å². The molecule has 4 aliphatic carbocycles. The van der Waals surface area contributed by atoms with E-state index in [-0.39, 0.29) is 24.2 Å². The molecule has 2 N–H and O–H groups in total. The maximum absolute atomic E-state index is 5.62. The Bertz CT molecular complexity index is 3030. The topological polar surface area (TPSA) is 41.4 Å². The zero-order valence-corrected chi connectivity index (χ0v) is 31.0. The Labute approximate surface area is 326 Å². The smallest absolute Gasteiger partial charge is 0.206 e. The average Bonchev–Trinajstić information content (AvgIpc) is 3.78. The molecule has 4 heteroatoms. The summed E-state index contributed by atoms with van der Waals surface area (Å²) in [5.74, 6) is 1.36. The monoisotopic (exact) mass is 720 g/mol. The van der Waals surface area contributed by atoms with Crippen molar-refractivity contribution in [1.29, 1.82) is 0 Å². The molecule has 5 aliphatic rings. The molecule has 4 unspecified atom stereocenters. The number of para-hydroxylation sites is 1. The maximum atomic E-state index is 5.62. The van der Waals surface area contributed by atoms with Crippen LogP contribution >= 0.6 is 0 Å². The van der Waals surface area contributed by atoms with Crippen LogP contribution in [-0.4, -0.2) is 16.7 Å². The molecule has 2 heterocycles. The van der Waals surface area contributed by atoms with E-state index in [1.165, 1.54) is 76.9 Å². The predicted octanol–water partition coefficient (Wildman–Crippen LogP) is 11.8. The van der Waals surface area contributed by atoms with Crippen LogP contribution in [0.4, 0.5) is 0 Å².